The summed E-state index contributed by atoms with van der Waals surface area (Å²) in [5.41, 5.74) is 0. The number of rotatable bonds is 4. The first-order valence-electron chi connectivity index (χ1n) is 3.92. The Hall–Kier alpha value is -0.900. The largest absolute Gasteiger partial charge is 0.516 e. The Morgan fingerprint density at radius 2 is 1.81 bits per heavy atom. The molecule has 0 atom stereocenters. The van der Waals surface area contributed by atoms with Gasteiger partial charge in [0.15, 0.2) is 9.84 Å². The molecule has 90 valence electrons. The van der Waals surface area contributed by atoms with Gasteiger partial charge in [-0.05, 0) is 18.2 Å². The van der Waals surface area contributed by atoms with Gasteiger partial charge in [-0.3, -0.25) is 0 Å². The van der Waals surface area contributed by atoms with Gasteiger partial charge < -0.3 is 5.11 Å². The van der Waals surface area contributed by atoms with Gasteiger partial charge in [0, 0.05) is 0 Å². The molecule has 0 unspecified atom stereocenters. The highest BCUT2D eigenvalue weighted by Crippen LogP contribution is 2.25. The minimum Gasteiger partial charge on any atom is -0.516 e. The molecule has 1 rings (SSSR count). The van der Waals surface area contributed by atoms with Crippen molar-refractivity contribution in [3.63, 3.8) is 0 Å². The monoisotopic (exact) mass is 283 g/mol. The van der Waals surface area contributed by atoms with Crippen LogP contribution in [0.25, 0.3) is 0 Å². The number of primary sulfonamides is 1. The van der Waals surface area contributed by atoms with Crippen molar-refractivity contribution >= 4 is 31.2 Å². The van der Waals surface area contributed by atoms with Crippen LogP contribution >= 0.6 is 11.3 Å². The number of aliphatic hydroxyl groups is 1. The fourth-order valence-corrected chi connectivity index (χ4v) is 4.26. The predicted octanol–water partition coefficient (Wildman–Crippen LogP) is 0.241. The number of aliphatic hydroxyl groups excluding tert-OH is 1. The molecule has 0 saturated carbocycles. The van der Waals surface area contributed by atoms with Gasteiger partial charge in [0.25, 0.3) is 0 Å². The van der Waals surface area contributed by atoms with Crippen LogP contribution in [-0.4, -0.2) is 27.7 Å². The highest BCUT2D eigenvalue weighted by molar-refractivity contribution is 7.95. The fourth-order valence-electron chi connectivity index (χ4n) is 0.875. The molecule has 1 aromatic rings. The third-order valence-electron chi connectivity index (χ3n) is 1.56. The molecular weight excluding hydrogens is 274 g/mol. The lowest BCUT2D eigenvalue weighted by atomic mass is 10.7. The van der Waals surface area contributed by atoms with Crippen molar-refractivity contribution in [3.05, 3.63) is 24.5 Å². The number of nitrogens with two attached hydrogens (primary N) is 1. The minimum atomic E-state index is -3.88. The van der Waals surface area contributed by atoms with E-state index in [1.807, 2.05) is 0 Å². The second kappa shape index (κ2) is 4.53. The van der Waals surface area contributed by atoms with Gasteiger partial charge in [0.2, 0.25) is 10.0 Å². The van der Waals surface area contributed by atoms with Crippen LogP contribution in [-0.2, 0) is 19.9 Å². The molecule has 16 heavy (non-hydrogen) atoms. The summed E-state index contributed by atoms with van der Waals surface area (Å²) in [4.78, 5) is 0. The molecule has 1 aromatic heterocycles. The summed E-state index contributed by atoms with van der Waals surface area (Å²) < 4.78 is 44.6. The first-order chi connectivity index (χ1) is 7.27. The Kier molecular flexibility index (Phi) is 3.73. The van der Waals surface area contributed by atoms with Gasteiger partial charge in [0.05, 0.1) is 12.0 Å². The summed E-state index contributed by atoms with van der Waals surface area (Å²) in [6.45, 7) is 0. The van der Waals surface area contributed by atoms with Crippen LogP contribution < -0.4 is 5.14 Å². The number of sulfonamides is 1. The Balaban J connectivity index is 3.13. The second-order valence-electron chi connectivity index (χ2n) is 2.78. The van der Waals surface area contributed by atoms with Gasteiger partial charge in [-0.2, -0.15) is 0 Å². The van der Waals surface area contributed by atoms with Crippen LogP contribution in [0.15, 0.2) is 32.9 Å². The fraction of sp³-hybridized carbons (Fsp3) is 0.143. The van der Waals surface area contributed by atoms with E-state index in [0.29, 0.717) is 17.6 Å². The van der Waals surface area contributed by atoms with E-state index in [2.05, 4.69) is 0 Å². The van der Waals surface area contributed by atoms with Crippen molar-refractivity contribution < 1.29 is 21.9 Å². The van der Waals surface area contributed by atoms with Gasteiger partial charge in [-0.15, -0.1) is 11.3 Å². The second-order valence-corrected chi connectivity index (χ2v) is 7.92. The van der Waals surface area contributed by atoms with Crippen molar-refractivity contribution in [2.75, 3.05) is 5.75 Å². The van der Waals surface area contributed by atoms with Crippen LogP contribution in [0.4, 0.5) is 0 Å². The normalized spacial score (nSPS) is 13.3. The van der Waals surface area contributed by atoms with E-state index in [4.69, 9.17) is 10.2 Å². The summed E-state index contributed by atoms with van der Waals surface area (Å²) in [5.74, 6) is -0.395. The van der Waals surface area contributed by atoms with Crippen molar-refractivity contribution in [3.8, 4) is 0 Å². The first-order valence-corrected chi connectivity index (χ1v) is 7.93. The lowest BCUT2D eigenvalue weighted by Crippen LogP contribution is -2.10. The summed E-state index contributed by atoms with van der Waals surface area (Å²) in [7, 11) is -7.49. The molecule has 3 N–H and O–H groups in total. The highest BCUT2D eigenvalue weighted by Gasteiger charge is 2.19. The number of hydrogen-bond acceptors (Lipinski definition) is 6. The van der Waals surface area contributed by atoms with E-state index in [-0.39, 0.29) is 8.42 Å². The van der Waals surface area contributed by atoms with Crippen LogP contribution in [0.2, 0.25) is 0 Å². The molecule has 0 fully saturated rings. The Morgan fingerprint density at radius 1 is 1.25 bits per heavy atom. The van der Waals surface area contributed by atoms with Crippen LogP contribution in [0.3, 0.4) is 0 Å². The summed E-state index contributed by atoms with van der Waals surface area (Å²) in [5, 5.41) is 13.2. The average molecular weight is 283 g/mol. The standard InChI is InChI=1S/C7H9NO5S3/c8-16(12,13)7-3-2-6(14-7)15(10,11)5-1-4-9/h1-4,9H,5H2,(H2,8,12,13). The van der Waals surface area contributed by atoms with E-state index in [1.165, 1.54) is 6.07 Å². The molecule has 6 nitrogen and oxygen atoms in total. The molecular formula is C7H9NO5S3. The van der Waals surface area contributed by atoms with Crippen molar-refractivity contribution in [2.24, 2.45) is 5.14 Å². The Morgan fingerprint density at radius 3 is 2.25 bits per heavy atom. The van der Waals surface area contributed by atoms with E-state index >= 15 is 0 Å². The molecule has 0 radical (unpaired) electrons. The molecule has 0 aliphatic rings. The SMILES string of the molecule is NS(=O)(=O)c1ccc(S(=O)(=O)CC=CO)s1. The van der Waals surface area contributed by atoms with E-state index in [9.17, 15) is 16.8 Å². The Labute approximate surface area is 97.0 Å². The predicted molar refractivity (Wildman–Crippen MR) is 59.5 cm³/mol. The molecule has 0 saturated heterocycles. The summed E-state index contributed by atoms with van der Waals surface area (Å²) in [6, 6.07) is 2.31. The molecule has 0 aliphatic heterocycles. The highest BCUT2D eigenvalue weighted by atomic mass is 32.3. The lowest BCUT2D eigenvalue weighted by molar-refractivity contribution is 0.472. The van der Waals surface area contributed by atoms with E-state index in [1.54, 1.807) is 0 Å². The zero-order valence-electron chi connectivity index (χ0n) is 7.90. The Bertz CT molecular complexity index is 596. The third kappa shape index (κ3) is 3.04. The van der Waals surface area contributed by atoms with Gasteiger partial charge in [-0.1, -0.05) is 0 Å². The van der Waals surface area contributed by atoms with Crippen LogP contribution in [0.1, 0.15) is 0 Å². The zero-order chi connectivity index (χ0) is 12.4. The molecule has 0 aromatic carbocycles. The lowest BCUT2D eigenvalue weighted by Gasteiger charge is -1.95. The molecule has 0 aliphatic carbocycles. The summed E-state index contributed by atoms with van der Waals surface area (Å²) >= 11 is 0.581. The average Bonchev–Trinajstić information content (AvgIpc) is 2.63. The quantitative estimate of drug-likeness (QED) is 0.768. The molecule has 9 heteroatoms. The van der Waals surface area contributed by atoms with Crippen LogP contribution in [0, 0.1) is 0 Å². The van der Waals surface area contributed by atoms with Crippen molar-refractivity contribution in [1.82, 2.24) is 0 Å². The molecule has 1 heterocycles. The number of thiophene rings is 1. The van der Waals surface area contributed by atoms with E-state index < -0.39 is 25.6 Å². The maximum absolute atomic E-state index is 11.5. The number of hydrogen-bond donors (Lipinski definition) is 2. The molecule has 0 spiro atoms. The maximum Gasteiger partial charge on any atom is 0.247 e. The number of sulfone groups is 1. The topological polar surface area (TPSA) is 115 Å². The first kappa shape index (κ1) is 13.2. The molecule has 0 amide bonds. The zero-order valence-corrected chi connectivity index (χ0v) is 10.3. The van der Waals surface area contributed by atoms with Gasteiger partial charge in [0.1, 0.15) is 8.42 Å². The third-order valence-corrected chi connectivity index (χ3v) is 6.28. The minimum absolute atomic E-state index is 0.102. The smallest absolute Gasteiger partial charge is 0.247 e. The van der Waals surface area contributed by atoms with Crippen molar-refractivity contribution in [1.29, 1.82) is 0 Å². The van der Waals surface area contributed by atoms with Gasteiger partial charge in [-0.25, -0.2) is 22.0 Å². The van der Waals surface area contributed by atoms with Crippen LogP contribution in [0.5, 0.6) is 0 Å². The van der Waals surface area contributed by atoms with Crippen molar-refractivity contribution in [2.45, 2.75) is 8.42 Å². The molecule has 0 bridgehead atoms. The van der Waals surface area contributed by atoms with E-state index in [0.717, 1.165) is 12.1 Å². The maximum atomic E-state index is 11.5. The van der Waals surface area contributed by atoms with Gasteiger partial charge >= 0.3 is 0 Å². The summed E-state index contributed by atoms with van der Waals surface area (Å²) in [6.07, 6.45) is 1.66.